The van der Waals surface area contributed by atoms with E-state index in [0.29, 0.717) is 13.1 Å². The number of nitrogens with one attached hydrogen (secondary N) is 2. The Morgan fingerprint density at radius 1 is 1.32 bits per heavy atom. The van der Waals surface area contributed by atoms with Crippen molar-refractivity contribution in [2.24, 2.45) is 0 Å². The van der Waals surface area contributed by atoms with Crippen molar-refractivity contribution in [2.45, 2.75) is 0 Å². The van der Waals surface area contributed by atoms with E-state index < -0.39 is 11.7 Å². The lowest BCUT2D eigenvalue weighted by Gasteiger charge is -2.27. The van der Waals surface area contributed by atoms with Crippen molar-refractivity contribution in [3.8, 4) is 0 Å². The van der Waals surface area contributed by atoms with Gasteiger partial charge in [-0.3, -0.25) is 9.59 Å². The Bertz CT molecular complexity index is 473. The molecule has 1 aromatic rings. The van der Waals surface area contributed by atoms with Crippen LogP contribution in [0.1, 0.15) is 10.4 Å². The summed E-state index contributed by atoms with van der Waals surface area (Å²) in [7, 11) is 0. The molecular formula is C13H16FN3O2. The fraction of sp³-hybridized carbons (Fsp3) is 0.385. The second-order valence-electron chi connectivity index (χ2n) is 4.32. The van der Waals surface area contributed by atoms with Crippen LogP contribution in [0.2, 0.25) is 0 Å². The van der Waals surface area contributed by atoms with E-state index in [1.165, 1.54) is 18.2 Å². The molecule has 1 saturated heterocycles. The van der Waals surface area contributed by atoms with Gasteiger partial charge in [-0.15, -0.1) is 0 Å². The quantitative estimate of drug-likeness (QED) is 0.808. The topological polar surface area (TPSA) is 61.4 Å². The van der Waals surface area contributed by atoms with E-state index in [0.717, 1.165) is 19.2 Å². The van der Waals surface area contributed by atoms with Crippen LogP contribution in [0.25, 0.3) is 0 Å². The zero-order valence-electron chi connectivity index (χ0n) is 10.5. The lowest BCUT2D eigenvalue weighted by atomic mass is 10.2. The molecule has 2 N–H and O–H groups in total. The van der Waals surface area contributed by atoms with Crippen LogP contribution >= 0.6 is 0 Å². The normalized spacial score (nSPS) is 15.1. The molecule has 0 spiro atoms. The van der Waals surface area contributed by atoms with Gasteiger partial charge in [-0.1, -0.05) is 6.07 Å². The average Bonchev–Trinajstić information content (AvgIpc) is 2.45. The van der Waals surface area contributed by atoms with Gasteiger partial charge in [0.05, 0.1) is 6.54 Å². The van der Waals surface area contributed by atoms with E-state index in [1.54, 1.807) is 4.90 Å². The van der Waals surface area contributed by atoms with Crippen molar-refractivity contribution in [1.82, 2.24) is 15.5 Å². The molecule has 1 fully saturated rings. The van der Waals surface area contributed by atoms with Gasteiger partial charge in [-0.25, -0.2) is 4.39 Å². The van der Waals surface area contributed by atoms with Gasteiger partial charge in [0.1, 0.15) is 5.82 Å². The first-order valence-electron chi connectivity index (χ1n) is 6.19. The SMILES string of the molecule is O=C(NCC(=O)N1CCNCC1)c1cccc(F)c1. The summed E-state index contributed by atoms with van der Waals surface area (Å²) in [6, 6.07) is 5.38. The van der Waals surface area contributed by atoms with Crippen molar-refractivity contribution >= 4 is 11.8 Å². The van der Waals surface area contributed by atoms with Crippen LogP contribution in [0.3, 0.4) is 0 Å². The Morgan fingerprint density at radius 2 is 2.05 bits per heavy atom. The Hall–Kier alpha value is -1.95. The third kappa shape index (κ3) is 3.75. The standard InChI is InChI=1S/C13H16FN3O2/c14-11-3-1-2-10(8-11)13(19)16-9-12(18)17-6-4-15-5-7-17/h1-3,8,15H,4-7,9H2,(H,16,19). The molecular weight excluding hydrogens is 249 g/mol. The summed E-state index contributed by atoms with van der Waals surface area (Å²) in [5.74, 6) is -1.03. The molecule has 2 rings (SSSR count). The molecule has 1 aromatic carbocycles. The fourth-order valence-corrected chi connectivity index (χ4v) is 1.91. The average molecular weight is 265 g/mol. The highest BCUT2D eigenvalue weighted by Crippen LogP contribution is 2.03. The number of amides is 2. The maximum Gasteiger partial charge on any atom is 0.251 e. The van der Waals surface area contributed by atoms with Crippen LogP contribution in [0.5, 0.6) is 0 Å². The molecule has 0 unspecified atom stereocenters. The predicted octanol–water partition coefficient (Wildman–Crippen LogP) is -0.0127. The molecule has 19 heavy (non-hydrogen) atoms. The summed E-state index contributed by atoms with van der Waals surface area (Å²) in [6.45, 7) is 2.77. The van der Waals surface area contributed by atoms with E-state index >= 15 is 0 Å². The molecule has 1 aliphatic rings. The van der Waals surface area contributed by atoms with Gasteiger partial charge < -0.3 is 15.5 Å². The van der Waals surface area contributed by atoms with Crippen LogP contribution in [0.4, 0.5) is 4.39 Å². The molecule has 6 heteroatoms. The number of nitrogens with zero attached hydrogens (tertiary/aromatic N) is 1. The van der Waals surface area contributed by atoms with E-state index in [1.807, 2.05) is 0 Å². The minimum absolute atomic E-state index is 0.0602. The molecule has 2 amide bonds. The van der Waals surface area contributed by atoms with Gasteiger partial charge in [0, 0.05) is 31.7 Å². The second-order valence-corrected chi connectivity index (χ2v) is 4.32. The minimum Gasteiger partial charge on any atom is -0.343 e. The van der Waals surface area contributed by atoms with E-state index in [-0.39, 0.29) is 18.0 Å². The third-order valence-corrected chi connectivity index (χ3v) is 2.96. The third-order valence-electron chi connectivity index (χ3n) is 2.96. The van der Waals surface area contributed by atoms with Gasteiger partial charge in [0.25, 0.3) is 5.91 Å². The number of rotatable bonds is 3. The first-order chi connectivity index (χ1) is 9.16. The molecule has 0 bridgehead atoms. The van der Waals surface area contributed by atoms with Gasteiger partial charge in [0.2, 0.25) is 5.91 Å². The summed E-state index contributed by atoms with van der Waals surface area (Å²) in [5, 5.41) is 5.65. The zero-order chi connectivity index (χ0) is 13.7. The number of benzene rings is 1. The smallest absolute Gasteiger partial charge is 0.251 e. The Kier molecular flexibility index (Phi) is 4.46. The maximum absolute atomic E-state index is 13.0. The van der Waals surface area contributed by atoms with Crippen molar-refractivity contribution in [3.63, 3.8) is 0 Å². The monoisotopic (exact) mass is 265 g/mol. The highest BCUT2D eigenvalue weighted by molar-refractivity contribution is 5.96. The lowest BCUT2D eigenvalue weighted by Crippen LogP contribution is -2.49. The maximum atomic E-state index is 13.0. The number of piperazine rings is 1. The zero-order valence-corrected chi connectivity index (χ0v) is 10.5. The molecule has 0 aromatic heterocycles. The second kappa shape index (κ2) is 6.29. The molecule has 5 nitrogen and oxygen atoms in total. The van der Waals surface area contributed by atoms with Gasteiger partial charge in [-0.05, 0) is 18.2 Å². The highest BCUT2D eigenvalue weighted by Gasteiger charge is 2.16. The fourth-order valence-electron chi connectivity index (χ4n) is 1.91. The summed E-state index contributed by atoms with van der Waals surface area (Å²) in [5.41, 5.74) is 0.216. The molecule has 0 atom stereocenters. The predicted molar refractivity (Wildman–Crippen MR) is 68.2 cm³/mol. The Balaban J connectivity index is 1.84. The largest absolute Gasteiger partial charge is 0.343 e. The first-order valence-corrected chi connectivity index (χ1v) is 6.19. The van der Waals surface area contributed by atoms with Crippen molar-refractivity contribution < 1.29 is 14.0 Å². The van der Waals surface area contributed by atoms with Crippen molar-refractivity contribution in [3.05, 3.63) is 35.6 Å². The summed E-state index contributed by atoms with van der Waals surface area (Å²) >= 11 is 0. The van der Waals surface area contributed by atoms with Gasteiger partial charge in [0.15, 0.2) is 0 Å². The van der Waals surface area contributed by atoms with Crippen LogP contribution in [0.15, 0.2) is 24.3 Å². The van der Waals surface area contributed by atoms with Crippen molar-refractivity contribution in [1.29, 1.82) is 0 Å². The van der Waals surface area contributed by atoms with E-state index in [4.69, 9.17) is 0 Å². The Labute approximate surface area is 110 Å². The highest BCUT2D eigenvalue weighted by atomic mass is 19.1. The molecule has 1 aliphatic heterocycles. The van der Waals surface area contributed by atoms with Crippen LogP contribution in [-0.4, -0.2) is 49.4 Å². The number of hydrogen-bond donors (Lipinski definition) is 2. The molecule has 102 valence electrons. The Morgan fingerprint density at radius 3 is 2.74 bits per heavy atom. The molecule has 0 radical (unpaired) electrons. The van der Waals surface area contributed by atoms with Gasteiger partial charge in [-0.2, -0.15) is 0 Å². The molecule has 0 aliphatic carbocycles. The summed E-state index contributed by atoms with van der Waals surface area (Å²) < 4.78 is 13.0. The molecule has 1 heterocycles. The number of hydrogen-bond acceptors (Lipinski definition) is 3. The summed E-state index contributed by atoms with van der Waals surface area (Å²) in [4.78, 5) is 25.2. The summed E-state index contributed by atoms with van der Waals surface area (Å²) in [6.07, 6.45) is 0. The van der Waals surface area contributed by atoms with E-state index in [9.17, 15) is 14.0 Å². The van der Waals surface area contributed by atoms with Gasteiger partial charge >= 0.3 is 0 Å². The van der Waals surface area contributed by atoms with Crippen LogP contribution in [-0.2, 0) is 4.79 Å². The number of carbonyl (C=O) groups excluding carboxylic acids is 2. The first kappa shape index (κ1) is 13.5. The molecule has 0 saturated carbocycles. The van der Waals surface area contributed by atoms with Crippen molar-refractivity contribution in [2.75, 3.05) is 32.7 Å². The number of halogens is 1. The van der Waals surface area contributed by atoms with Crippen LogP contribution < -0.4 is 10.6 Å². The lowest BCUT2D eigenvalue weighted by molar-refractivity contribution is -0.130. The minimum atomic E-state index is -0.471. The van der Waals surface area contributed by atoms with E-state index in [2.05, 4.69) is 10.6 Å². The number of carbonyl (C=O) groups is 2. The van der Waals surface area contributed by atoms with Crippen LogP contribution in [0, 0.1) is 5.82 Å².